The SMILES string of the molecule is Cn1cc(NC2CCC(N)CC2)c2ccccc21. The Bertz CT molecular complexity index is 536. The molecule has 0 unspecified atom stereocenters. The highest BCUT2D eigenvalue weighted by atomic mass is 15.0. The molecule has 96 valence electrons. The molecule has 1 fully saturated rings. The summed E-state index contributed by atoms with van der Waals surface area (Å²) in [6, 6.07) is 9.53. The average molecular weight is 243 g/mol. The molecule has 3 N–H and O–H groups in total. The second-order valence-electron chi connectivity index (χ2n) is 5.43. The molecule has 3 rings (SSSR count). The van der Waals surface area contributed by atoms with Crippen LogP contribution in [0.1, 0.15) is 25.7 Å². The highest BCUT2D eigenvalue weighted by molar-refractivity contribution is 5.93. The van der Waals surface area contributed by atoms with E-state index in [9.17, 15) is 0 Å². The first-order valence-electron chi connectivity index (χ1n) is 6.80. The van der Waals surface area contributed by atoms with Crippen LogP contribution in [0.5, 0.6) is 0 Å². The van der Waals surface area contributed by atoms with Crippen molar-refractivity contribution in [3.8, 4) is 0 Å². The normalized spacial score (nSPS) is 24.3. The maximum atomic E-state index is 5.95. The van der Waals surface area contributed by atoms with E-state index in [0.29, 0.717) is 12.1 Å². The average Bonchev–Trinajstić information content (AvgIpc) is 2.70. The van der Waals surface area contributed by atoms with Gasteiger partial charge in [0.05, 0.1) is 5.69 Å². The fraction of sp³-hybridized carbons (Fsp3) is 0.467. The maximum absolute atomic E-state index is 5.95. The number of anilines is 1. The van der Waals surface area contributed by atoms with Gasteiger partial charge in [-0.1, -0.05) is 18.2 Å². The third-order valence-corrected chi connectivity index (χ3v) is 4.03. The van der Waals surface area contributed by atoms with Crippen LogP contribution in [0.2, 0.25) is 0 Å². The molecule has 18 heavy (non-hydrogen) atoms. The second-order valence-corrected chi connectivity index (χ2v) is 5.43. The quantitative estimate of drug-likeness (QED) is 0.851. The predicted molar refractivity (Wildman–Crippen MR) is 76.8 cm³/mol. The van der Waals surface area contributed by atoms with Gasteiger partial charge in [-0.15, -0.1) is 0 Å². The third-order valence-electron chi connectivity index (χ3n) is 4.03. The number of nitrogens with one attached hydrogen (secondary N) is 1. The minimum atomic E-state index is 0.413. The molecule has 3 nitrogen and oxygen atoms in total. The van der Waals surface area contributed by atoms with Gasteiger partial charge in [-0.3, -0.25) is 0 Å². The van der Waals surface area contributed by atoms with Gasteiger partial charge in [0.25, 0.3) is 0 Å². The molecule has 0 bridgehead atoms. The second kappa shape index (κ2) is 4.65. The number of nitrogens with two attached hydrogens (primary N) is 1. The Balaban J connectivity index is 1.82. The minimum Gasteiger partial charge on any atom is -0.381 e. The van der Waals surface area contributed by atoms with Crippen molar-refractivity contribution in [2.45, 2.75) is 37.8 Å². The standard InChI is InChI=1S/C15H21N3/c1-18-10-14(13-4-2-3-5-15(13)18)17-12-8-6-11(16)7-9-12/h2-5,10-12,17H,6-9,16H2,1H3. The molecule has 1 aromatic carbocycles. The summed E-state index contributed by atoms with van der Waals surface area (Å²) in [6.07, 6.45) is 6.85. The van der Waals surface area contributed by atoms with E-state index in [1.54, 1.807) is 0 Å². The molecular weight excluding hydrogens is 222 g/mol. The lowest BCUT2D eigenvalue weighted by molar-refractivity contribution is 0.411. The number of fused-ring (bicyclic) bond motifs is 1. The first kappa shape index (κ1) is 11.6. The number of aryl methyl sites for hydroxylation is 1. The molecular formula is C15H21N3. The van der Waals surface area contributed by atoms with Gasteiger partial charge in [-0.05, 0) is 31.7 Å². The van der Waals surface area contributed by atoms with Gasteiger partial charge in [0, 0.05) is 36.2 Å². The first-order valence-corrected chi connectivity index (χ1v) is 6.80. The van der Waals surface area contributed by atoms with Crippen LogP contribution in [0.3, 0.4) is 0 Å². The van der Waals surface area contributed by atoms with E-state index in [4.69, 9.17) is 5.73 Å². The lowest BCUT2D eigenvalue weighted by Gasteiger charge is -2.27. The Morgan fingerprint density at radius 2 is 1.89 bits per heavy atom. The minimum absolute atomic E-state index is 0.413. The molecule has 1 aromatic heterocycles. The van der Waals surface area contributed by atoms with Crippen LogP contribution in [0.25, 0.3) is 10.9 Å². The summed E-state index contributed by atoms with van der Waals surface area (Å²) in [7, 11) is 2.10. The lowest BCUT2D eigenvalue weighted by Crippen LogP contribution is -2.32. The molecule has 2 aromatic rings. The van der Waals surface area contributed by atoms with E-state index in [1.807, 2.05) is 0 Å². The van der Waals surface area contributed by atoms with Crippen LogP contribution in [-0.4, -0.2) is 16.7 Å². The summed E-state index contributed by atoms with van der Waals surface area (Å²) >= 11 is 0. The first-order chi connectivity index (χ1) is 8.74. The van der Waals surface area contributed by atoms with Crippen molar-refractivity contribution in [2.24, 2.45) is 12.8 Å². The largest absolute Gasteiger partial charge is 0.381 e. The molecule has 1 heterocycles. The molecule has 0 spiro atoms. The zero-order valence-electron chi connectivity index (χ0n) is 10.9. The van der Waals surface area contributed by atoms with Crippen molar-refractivity contribution in [3.63, 3.8) is 0 Å². The van der Waals surface area contributed by atoms with Crippen molar-refractivity contribution >= 4 is 16.6 Å². The Labute approximate surface area is 108 Å². The molecule has 1 saturated carbocycles. The summed E-state index contributed by atoms with van der Waals surface area (Å²) in [6.45, 7) is 0. The van der Waals surface area contributed by atoms with Crippen LogP contribution in [0.4, 0.5) is 5.69 Å². The van der Waals surface area contributed by atoms with Crippen molar-refractivity contribution in [1.29, 1.82) is 0 Å². The summed E-state index contributed by atoms with van der Waals surface area (Å²) in [5.74, 6) is 0. The zero-order chi connectivity index (χ0) is 12.5. The monoisotopic (exact) mass is 243 g/mol. The van der Waals surface area contributed by atoms with E-state index < -0.39 is 0 Å². The van der Waals surface area contributed by atoms with E-state index in [-0.39, 0.29) is 0 Å². The number of hydrogen-bond donors (Lipinski definition) is 2. The molecule has 0 radical (unpaired) electrons. The topological polar surface area (TPSA) is 43.0 Å². The number of benzene rings is 1. The molecule has 0 aliphatic heterocycles. The summed E-state index contributed by atoms with van der Waals surface area (Å²) in [4.78, 5) is 0. The Kier molecular flexibility index (Phi) is 3.00. The van der Waals surface area contributed by atoms with E-state index in [1.165, 1.54) is 29.4 Å². The van der Waals surface area contributed by atoms with Gasteiger partial charge in [0.2, 0.25) is 0 Å². The number of nitrogens with zero attached hydrogens (tertiary/aromatic N) is 1. The zero-order valence-corrected chi connectivity index (χ0v) is 10.9. The Hall–Kier alpha value is -1.48. The van der Waals surface area contributed by atoms with Crippen LogP contribution in [0.15, 0.2) is 30.5 Å². The predicted octanol–water partition coefficient (Wildman–Crippen LogP) is 2.86. The molecule has 3 heteroatoms. The molecule has 0 atom stereocenters. The van der Waals surface area contributed by atoms with Crippen molar-refractivity contribution in [1.82, 2.24) is 4.57 Å². The van der Waals surface area contributed by atoms with Crippen molar-refractivity contribution in [2.75, 3.05) is 5.32 Å². The van der Waals surface area contributed by atoms with Gasteiger partial charge >= 0.3 is 0 Å². The fourth-order valence-corrected chi connectivity index (χ4v) is 2.94. The Morgan fingerprint density at radius 3 is 2.67 bits per heavy atom. The smallest absolute Gasteiger partial charge is 0.0602 e. The highest BCUT2D eigenvalue weighted by Crippen LogP contribution is 2.28. The van der Waals surface area contributed by atoms with E-state index >= 15 is 0 Å². The number of aromatic nitrogens is 1. The van der Waals surface area contributed by atoms with Gasteiger partial charge in [-0.25, -0.2) is 0 Å². The van der Waals surface area contributed by atoms with Gasteiger partial charge in [-0.2, -0.15) is 0 Å². The van der Waals surface area contributed by atoms with Crippen LogP contribution in [0, 0.1) is 0 Å². The van der Waals surface area contributed by atoms with Crippen molar-refractivity contribution in [3.05, 3.63) is 30.5 Å². The Morgan fingerprint density at radius 1 is 1.17 bits per heavy atom. The van der Waals surface area contributed by atoms with E-state index in [0.717, 1.165) is 12.8 Å². The molecule has 1 aliphatic carbocycles. The van der Waals surface area contributed by atoms with Gasteiger partial charge in [0.15, 0.2) is 0 Å². The highest BCUT2D eigenvalue weighted by Gasteiger charge is 2.19. The van der Waals surface area contributed by atoms with Crippen LogP contribution in [-0.2, 0) is 7.05 Å². The summed E-state index contributed by atoms with van der Waals surface area (Å²) in [5, 5.41) is 5.00. The van der Waals surface area contributed by atoms with Gasteiger partial charge in [0.1, 0.15) is 0 Å². The van der Waals surface area contributed by atoms with Crippen LogP contribution < -0.4 is 11.1 Å². The van der Waals surface area contributed by atoms with E-state index in [2.05, 4.69) is 47.4 Å². The number of rotatable bonds is 2. The summed E-state index contributed by atoms with van der Waals surface area (Å²) in [5.41, 5.74) is 8.50. The van der Waals surface area contributed by atoms with Crippen LogP contribution >= 0.6 is 0 Å². The third kappa shape index (κ3) is 2.10. The van der Waals surface area contributed by atoms with Crippen molar-refractivity contribution < 1.29 is 0 Å². The molecule has 1 aliphatic rings. The lowest BCUT2D eigenvalue weighted by atomic mass is 9.91. The maximum Gasteiger partial charge on any atom is 0.0602 e. The molecule has 0 amide bonds. The number of para-hydroxylation sites is 1. The number of hydrogen-bond acceptors (Lipinski definition) is 2. The van der Waals surface area contributed by atoms with Gasteiger partial charge < -0.3 is 15.6 Å². The fourth-order valence-electron chi connectivity index (χ4n) is 2.94. The molecule has 0 saturated heterocycles. The summed E-state index contributed by atoms with van der Waals surface area (Å²) < 4.78 is 2.19.